The molecule has 100 valence electrons. The topological polar surface area (TPSA) is 64.3 Å². The number of nitrogens with one attached hydrogen (secondary N) is 1. The van der Waals surface area contributed by atoms with Gasteiger partial charge in [-0.05, 0) is 18.8 Å². The summed E-state index contributed by atoms with van der Waals surface area (Å²) in [6, 6.07) is 0.00109. The minimum Gasteiger partial charge on any atom is -0.381 e. The van der Waals surface area contributed by atoms with E-state index in [9.17, 15) is 4.79 Å². The fourth-order valence-corrected chi connectivity index (χ4v) is 2.04. The van der Waals surface area contributed by atoms with E-state index in [2.05, 4.69) is 5.32 Å². The first kappa shape index (κ1) is 14.5. The summed E-state index contributed by atoms with van der Waals surface area (Å²) < 4.78 is 5.55. The average Bonchev–Trinajstić information content (AvgIpc) is 2.17. The molecule has 4 heteroatoms. The van der Waals surface area contributed by atoms with Gasteiger partial charge in [0.25, 0.3) is 0 Å². The molecule has 0 aromatic carbocycles. The molecule has 17 heavy (non-hydrogen) atoms. The van der Waals surface area contributed by atoms with Gasteiger partial charge in [-0.2, -0.15) is 0 Å². The molecule has 1 atom stereocenters. The SMILES string of the molecule is CC(C)NC(CCOCCC1CCC1)C(N)=O. The molecule has 0 aromatic rings. The summed E-state index contributed by atoms with van der Waals surface area (Å²) in [6.45, 7) is 5.44. The first-order chi connectivity index (χ1) is 8.09. The van der Waals surface area contributed by atoms with Crippen LogP contribution in [0.5, 0.6) is 0 Å². The van der Waals surface area contributed by atoms with Crippen LogP contribution in [-0.4, -0.2) is 31.2 Å². The number of primary amides is 1. The van der Waals surface area contributed by atoms with E-state index >= 15 is 0 Å². The van der Waals surface area contributed by atoms with Crippen LogP contribution in [0.25, 0.3) is 0 Å². The highest BCUT2D eigenvalue weighted by Gasteiger charge is 2.18. The molecule has 0 aliphatic heterocycles. The van der Waals surface area contributed by atoms with Crippen LogP contribution < -0.4 is 11.1 Å². The minimum absolute atomic E-state index is 0.265. The highest BCUT2D eigenvalue weighted by molar-refractivity contribution is 5.79. The second kappa shape index (κ2) is 7.67. The Morgan fingerprint density at radius 3 is 2.59 bits per heavy atom. The van der Waals surface area contributed by atoms with Gasteiger partial charge in [0, 0.05) is 19.3 Å². The molecular weight excluding hydrogens is 216 g/mol. The second-order valence-electron chi connectivity index (χ2n) is 5.26. The van der Waals surface area contributed by atoms with Gasteiger partial charge in [0.15, 0.2) is 0 Å². The first-order valence-electron chi connectivity index (χ1n) is 6.72. The summed E-state index contributed by atoms with van der Waals surface area (Å²) in [7, 11) is 0. The Balaban J connectivity index is 2.02. The quantitative estimate of drug-likeness (QED) is 0.601. The minimum atomic E-state index is -0.290. The standard InChI is InChI=1S/C13H26N2O2/c1-10(2)15-12(13(14)16)7-9-17-8-6-11-4-3-5-11/h10-12,15H,3-9H2,1-2H3,(H2,14,16). The van der Waals surface area contributed by atoms with E-state index < -0.39 is 0 Å². The lowest BCUT2D eigenvalue weighted by molar-refractivity contribution is -0.120. The number of nitrogens with two attached hydrogens (primary N) is 1. The summed E-state index contributed by atoms with van der Waals surface area (Å²) >= 11 is 0. The molecule has 1 saturated carbocycles. The Morgan fingerprint density at radius 1 is 1.41 bits per heavy atom. The maximum absolute atomic E-state index is 11.2. The molecule has 0 heterocycles. The summed E-state index contributed by atoms with van der Waals surface area (Å²) in [6.07, 6.45) is 5.94. The van der Waals surface area contributed by atoms with E-state index in [4.69, 9.17) is 10.5 Å². The number of amides is 1. The fraction of sp³-hybridized carbons (Fsp3) is 0.923. The zero-order valence-electron chi connectivity index (χ0n) is 11.1. The molecule has 0 bridgehead atoms. The van der Waals surface area contributed by atoms with Crippen molar-refractivity contribution in [1.29, 1.82) is 0 Å². The second-order valence-corrected chi connectivity index (χ2v) is 5.26. The van der Waals surface area contributed by atoms with Crippen molar-refractivity contribution in [2.45, 2.75) is 58.0 Å². The lowest BCUT2D eigenvalue weighted by Crippen LogP contribution is -2.45. The number of rotatable bonds is 9. The van der Waals surface area contributed by atoms with Crippen LogP contribution in [0.3, 0.4) is 0 Å². The highest BCUT2D eigenvalue weighted by Crippen LogP contribution is 2.29. The third-order valence-electron chi connectivity index (χ3n) is 3.32. The molecule has 0 saturated heterocycles. The summed E-state index contributed by atoms with van der Waals surface area (Å²) in [4.78, 5) is 11.2. The molecule has 1 amide bonds. The van der Waals surface area contributed by atoms with Crippen molar-refractivity contribution in [2.75, 3.05) is 13.2 Å². The van der Waals surface area contributed by atoms with Crippen molar-refractivity contribution >= 4 is 5.91 Å². The van der Waals surface area contributed by atoms with Gasteiger partial charge in [-0.15, -0.1) is 0 Å². The van der Waals surface area contributed by atoms with E-state index in [-0.39, 0.29) is 18.0 Å². The Morgan fingerprint density at radius 2 is 2.12 bits per heavy atom. The van der Waals surface area contributed by atoms with Gasteiger partial charge in [-0.1, -0.05) is 33.1 Å². The van der Waals surface area contributed by atoms with Crippen LogP contribution >= 0.6 is 0 Å². The van der Waals surface area contributed by atoms with Crippen LogP contribution in [-0.2, 0) is 9.53 Å². The molecule has 1 aliphatic carbocycles. The molecule has 0 radical (unpaired) electrons. The highest BCUT2D eigenvalue weighted by atomic mass is 16.5. The number of hydrogen-bond acceptors (Lipinski definition) is 3. The summed E-state index contributed by atoms with van der Waals surface area (Å²) in [5, 5.41) is 3.15. The maximum atomic E-state index is 11.2. The first-order valence-corrected chi connectivity index (χ1v) is 6.72. The summed E-state index contributed by atoms with van der Waals surface area (Å²) in [5.41, 5.74) is 5.32. The van der Waals surface area contributed by atoms with Gasteiger partial charge < -0.3 is 15.8 Å². The summed E-state index contributed by atoms with van der Waals surface area (Å²) in [5.74, 6) is 0.594. The van der Waals surface area contributed by atoms with Crippen molar-refractivity contribution in [2.24, 2.45) is 11.7 Å². The molecular formula is C13H26N2O2. The lowest BCUT2D eigenvalue weighted by atomic mass is 9.83. The monoisotopic (exact) mass is 242 g/mol. The molecule has 4 nitrogen and oxygen atoms in total. The third-order valence-corrected chi connectivity index (χ3v) is 3.32. The van der Waals surface area contributed by atoms with Crippen LogP contribution in [0.1, 0.15) is 46.0 Å². The van der Waals surface area contributed by atoms with E-state index in [1.807, 2.05) is 13.8 Å². The number of hydrogen-bond donors (Lipinski definition) is 2. The van der Waals surface area contributed by atoms with Crippen LogP contribution in [0, 0.1) is 5.92 Å². The van der Waals surface area contributed by atoms with Crippen LogP contribution in [0.15, 0.2) is 0 Å². The maximum Gasteiger partial charge on any atom is 0.234 e. The zero-order valence-corrected chi connectivity index (χ0v) is 11.1. The Hall–Kier alpha value is -0.610. The van der Waals surface area contributed by atoms with Gasteiger partial charge in [0.2, 0.25) is 5.91 Å². The molecule has 1 fully saturated rings. The average molecular weight is 242 g/mol. The zero-order chi connectivity index (χ0) is 12.7. The van der Waals surface area contributed by atoms with Gasteiger partial charge in [-0.25, -0.2) is 0 Å². The molecule has 1 aliphatic rings. The van der Waals surface area contributed by atoms with Crippen LogP contribution in [0.2, 0.25) is 0 Å². The van der Waals surface area contributed by atoms with Crippen molar-refractivity contribution in [1.82, 2.24) is 5.32 Å². The van der Waals surface area contributed by atoms with E-state index in [1.165, 1.54) is 25.7 Å². The van der Waals surface area contributed by atoms with Gasteiger partial charge in [0.1, 0.15) is 0 Å². The number of carbonyl (C=O) groups is 1. The molecule has 1 rings (SSSR count). The Bertz CT molecular complexity index is 227. The number of carbonyl (C=O) groups excluding carboxylic acids is 1. The molecule has 3 N–H and O–H groups in total. The Kier molecular flexibility index (Phi) is 6.52. The normalized spacial score (nSPS) is 18.1. The van der Waals surface area contributed by atoms with Crippen molar-refractivity contribution in [3.63, 3.8) is 0 Å². The van der Waals surface area contributed by atoms with Gasteiger partial charge >= 0.3 is 0 Å². The van der Waals surface area contributed by atoms with E-state index in [0.29, 0.717) is 13.0 Å². The largest absolute Gasteiger partial charge is 0.381 e. The predicted octanol–water partition coefficient (Wildman–Crippen LogP) is 1.44. The predicted molar refractivity (Wildman–Crippen MR) is 68.6 cm³/mol. The molecule has 0 aromatic heterocycles. The van der Waals surface area contributed by atoms with Crippen molar-refractivity contribution < 1.29 is 9.53 Å². The van der Waals surface area contributed by atoms with Crippen molar-refractivity contribution in [3.8, 4) is 0 Å². The Labute approximate surface area is 104 Å². The lowest BCUT2D eigenvalue weighted by Gasteiger charge is -2.25. The molecule has 1 unspecified atom stereocenters. The van der Waals surface area contributed by atoms with E-state index in [0.717, 1.165) is 12.5 Å². The van der Waals surface area contributed by atoms with Gasteiger partial charge in [-0.3, -0.25) is 4.79 Å². The fourth-order valence-electron chi connectivity index (χ4n) is 2.04. The third kappa shape index (κ3) is 6.03. The van der Waals surface area contributed by atoms with E-state index in [1.54, 1.807) is 0 Å². The number of ether oxygens (including phenoxy) is 1. The van der Waals surface area contributed by atoms with Crippen molar-refractivity contribution in [3.05, 3.63) is 0 Å². The van der Waals surface area contributed by atoms with Gasteiger partial charge in [0.05, 0.1) is 6.04 Å². The van der Waals surface area contributed by atoms with Crippen LogP contribution in [0.4, 0.5) is 0 Å². The smallest absolute Gasteiger partial charge is 0.234 e. The molecule has 0 spiro atoms.